The van der Waals surface area contributed by atoms with E-state index in [9.17, 15) is 4.39 Å². The third kappa shape index (κ3) is 5.29. The number of benzene rings is 1. The zero-order valence-electron chi connectivity index (χ0n) is 11.3. The summed E-state index contributed by atoms with van der Waals surface area (Å²) < 4.78 is 12.8. The van der Waals surface area contributed by atoms with Gasteiger partial charge >= 0.3 is 0 Å². The first-order valence-electron chi connectivity index (χ1n) is 6.12. The maximum atomic E-state index is 12.8. The van der Waals surface area contributed by atoms with Crippen LogP contribution in [0.4, 0.5) is 4.39 Å². The normalized spacial score (nSPS) is 11.8. The summed E-state index contributed by atoms with van der Waals surface area (Å²) in [5.41, 5.74) is 1.17. The number of hydrogen-bond donors (Lipinski definition) is 0. The standard InChI is InChI=1S/C14H23FN2/c1-12(2)17(10-9-16(3)4)11-13-5-7-14(15)8-6-13/h5-8,12H,9-11H2,1-4H3. The highest BCUT2D eigenvalue weighted by atomic mass is 19.1. The molecule has 0 bridgehead atoms. The lowest BCUT2D eigenvalue weighted by molar-refractivity contribution is 0.191. The lowest BCUT2D eigenvalue weighted by atomic mass is 10.2. The molecule has 96 valence electrons. The Labute approximate surface area is 104 Å². The molecule has 1 aromatic carbocycles. The summed E-state index contributed by atoms with van der Waals surface area (Å²) in [6.45, 7) is 7.34. The molecule has 0 aliphatic carbocycles. The predicted molar refractivity (Wildman–Crippen MR) is 70.5 cm³/mol. The van der Waals surface area contributed by atoms with Crippen LogP contribution in [-0.2, 0) is 6.54 Å². The molecule has 0 aliphatic heterocycles. The molecular weight excluding hydrogens is 215 g/mol. The fourth-order valence-corrected chi connectivity index (χ4v) is 1.67. The quantitative estimate of drug-likeness (QED) is 0.751. The van der Waals surface area contributed by atoms with Crippen molar-refractivity contribution < 1.29 is 4.39 Å². The summed E-state index contributed by atoms with van der Waals surface area (Å²) in [5, 5.41) is 0. The topological polar surface area (TPSA) is 6.48 Å². The lowest BCUT2D eigenvalue weighted by Gasteiger charge is -2.27. The number of likely N-dealkylation sites (N-methyl/N-ethyl adjacent to an activating group) is 1. The van der Waals surface area contributed by atoms with Crippen LogP contribution in [0.2, 0.25) is 0 Å². The maximum Gasteiger partial charge on any atom is 0.123 e. The summed E-state index contributed by atoms with van der Waals surface area (Å²) in [5.74, 6) is -0.168. The molecule has 0 amide bonds. The summed E-state index contributed by atoms with van der Waals surface area (Å²) in [4.78, 5) is 4.58. The SMILES string of the molecule is CC(C)N(CCN(C)C)Cc1ccc(F)cc1. The third-order valence-corrected chi connectivity index (χ3v) is 2.86. The zero-order chi connectivity index (χ0) is 12.8. The highest BCUT2D eigenvalue weighted by Gasteiger charge is 2.10. The van der Waals surface area contributed by atoms with Crippen molar-refractivity contribution in [1.29, 1.82) is 0 Å². The minimum atomic E-state index is -0.168. The van der Waals surface area contributed by atoms with E-state index in [0.717, 1.165) is 19.6 Å². The minimum Gasteiger partial charge on any atom is -0.308 e. The van der Waals surface area contributed by atoms with Crippen LogP contribution >= 0.6 is 0 Å². The van der Waals surface area contributed by atoms with Crippen molar-refractivity contribution in [2.75, 3.05) is 27.2 Å². The molecule has 1 aromatic rings. The molecule has 0 aliphatic rings. The van der Waals surface area contributed by atoms with Gasteiger partial charge in [0.15, 0.2) is 0 Å². The Morgan fingerprint density at radius 1 is 1.06 bits per heavy atom. The second-order valence-corrected chi connectivity index (χ2v) is 4.99. The third-order valence-electron chi connectivity index (χ3n) is 2.86. The fraction of sp³-hybridized carbons (Fsp3) is 0.571. The van der Waals surface area contributed by atoms with Crippen LogP contribution in [-0.4, -0.2) is 43.0 Å². The van der Waals surface area contributed by atoms with Crippen molar-refractivity contribution >= 4 is 0 Å². The van der Waals surface area contributed by atoms with Gasteiger partial charge in [-0.15, -0.1) is 0 Å². The Bertz CT molecular complexity index is 319. The number of rotatable bonds is 6. The van der Waals surface area contributed by atoms with Gasteiger partial charge in [0.05, 0.1) is 0 Å². The van der Waals surface area contributed by atoms with Gasteiger partial charge in [0.25, 0.3) is 0 Å². The molecule has 0 spiro atoms. The Morgan fingerprint density at radius 2 is 1.65 bits per heavy atom. The van der Waals surface area contributed by atoms with E-state index >= 15 is 0 Å². The molecule has 0 N–H and O–H groups in total. The Balaban J connectivity index is 2.57. The van der Waals surface area contributed by atoms with Gasteiger partial charge in [-0.2, -0.15) is 0 Å². The van der Waals surface area contributed by atoms with Crippen molar-refractivity contribution in [1.82, 2.24) is 9.80 Å². The van der Waals surface area contributed by atoms with E-state index in [0.29, 0.717) is 6.04 Å². The van der Waals surface area contributed by atoms with E-state index in [1.54, 1.807) is 0 Å². The van der Waals surface area contributed by atoms with E-state index < -0.39 is 0 Å². The fourth-order valence-electron chi connectivity index (χ4n) is 1.67. The monoisotopic (exact) mass is 238 g/mol. The first kappa shape index (κ1) is 14.1. The highest BCUT2D eigenvalue weighted by Crippen LogP contribution is 2.09. The van der Waals surface area contributed by atoms with Gasteiger partial charge in [-0.25, -0.2) is 4.39 Å². The van der Waals surface area contributed by atoms with Crippen molar-refractivity contribution in [3.8, 4) is 0 Å². The summed E-state index contributed by atoms with van der Waals surface area (Å²) in [6.07, 6.45) is 0. The molecule has 0 unspecified atom stereocenters. The number of nitrogens with zero attached hydrogens (tertiary/aromatic N) is 2. The van der Waals surface area contributed by atoms with Gasteiger partial charge in [0, 0.05) is 25.7 Å². The highest BCUT2D eigenvalue weighted by molar-refractivity contribution is 5.15. The second-order valence-electron chi connectivity index (χ2n) is 4.99. The molecule has 0 saturated carbocycles. The molecule has 17 heavy (non-hydrogen) atoms. The van der Waals surface area contributed by atoms with E-state index in [4.69, 9.17) is 0 Å². The van der Waals surface area contributed by atoms with Gasteiger partial charge in [0.1, 0.15) is 5.82 Å². The summed E-state index contributed by atoms with van der Waals surface area (Å²) in [7, 11) is 4.16. The molecule has 0 radical (unpaired) electrons. The molecule has 0 heterocycles. The predicted octanol–water partition coefficient (Wildman–Crippen LogP) is 2.60. The van der Waals surface area contributed by atoms with Crippen molar-refractivity contribution in [2.45, 2.75) is 26.4 Å². The molecule has 0 atom stereocenters. The van der Waals surface area contributed by atoms with E-state index in [1.807, 2.05) is 12.1 Å². The van der Waals surface area contributed by atoms with Gasteiger partial charge in [-0.3, -0.25) is 4.90 Å². The van der Waals surface area contributed by atoms with Gasteiger partial charge in [-0.1, -0.05) is 12.1 Å². The Morgan fingerprint density at radius 3 is 2.12 bits per heavy atom. The van der Waals surface area contributed by atoms with Crippen LogP contribution in [0, 0.1) is 5.82 Å². The number of hydrogen-bond acceptors (Lipinski definition) is 2. The average Bonchev–Trinajstić information content (AvgIpc) is 2.26. The number of halogens is 1. The second kappa shape index (κ2) is 6.72. The van der Waals surface area contributed by atoms with E-state index in [1.165, 1.54) is 17.7 Å². The first-order chi connectivity index (χ1) is 7.99. The largest absolute Gasteiger partial charge is 0.308 e. The van der Waals surface area contributed by atoms with Crippen molar-refractivity contribution in [3.05, 3.63) is 35.6 Å². The van der Waals surface area contributed by atoms with Crippen LogP contribution < -0.4 is 0 Å². The molecular formula is C14H23FN2. The molecule has 3 heteroatoms. The van der Waals surface area contributed by atoms with Crippen molar-refractivity contribution in [3.63, 3.8) is 0 Å². The van der Waals surface area contributed by atoms with Gasteiger partial charge in [0.2, 0.25) is 0 Å². The first-order valence-corrected chi connectivity index (χ1v) is 6.12. The molecule has 0 fully saturated rings. The summed E-state index contributed by atoms with van der Waals surface area (Å²) >= 11 is 0. The minimum absolute atomic E-state index is 0.168. The molecule has 0 aromatic heterocycles. The van der Waals surface area contributed by atoms with Crippen molar-refractivity contribution in [2.24, 2.45) is 0 Å². The van der Waals surface area contributed by atoms with E-state index in [-0.39, 0.29) is 5.82 Å². The van der Waals surface area contributed by atoms with Crippen LogP contribution in [0.25, 0.3) is 0 Å². The molecule has 1 rings (SSSR count). The van der Waals surface area contributed by atoms with E-state index in [2.05, 4.69) is 37.7 Å². The average molecular weight is 238 g/mol. The van der Waals surface area contributed by atoms with Gasteiger partial charge < -0.3 is 4.90 Å². The zero-order valence-corrected chi connectivity index (χ0v) is 11.3. The smallest absolute Gasteiger partial charge is 0.123 e. The molecule has 2 nitrogen and oxygen atoms in total. The van der Waals surface area contributed by atoms with Crippen LogP contribution in [0.1, 0.15) is 19.4 Å². The maximum absolute atomic E-state index is 12.8. The van der Waals surface area contributed by atoms with Crippen LogP contribution in [0.3, 0.4) is 0 Å². The Hall–Kier alpha value is -0.930. The van der Waals surface area contributed by atoms with Crippen LogP contribution in [0.5, 0.6) is 0 Å². The summed E-state index contributed by atoms with van der Waals surface area (Å²) in [6, 6.07) is 7.28. The van der Waals surface area contributed by atoms with Crippen LogP contribution in [0.15, 0.2) is 24.3 Å². The molecule has 0 saturated heterocycles. The Kier molecular flexibility index (Phi) is 5.59. The lowest BCUT2D eigenvalue weighted by Crippen LogP contribution is -2.36. The van der Waals surface area contributed by atoms with Gasteiger partial charge in [-0.05, 0) is 45.6 Å².